The van der Waals surface area contributed by atoms with Crippen molar-refractivity contribution in [2.75, 3.05) is 18.1 Å². The first-order valence-corrected chi connectivity index (χ1v) is 10.6. The smallest absolute Gasteiger partial charge is 0.227 e. The summed E-state index contributed by atoms with van der Waals surface area (Å²) in [5, 5.41) is 11.8. The highest BCUT2D eigenvalue weighted by molar-refractivity contribution is 6.03. The number of benzene rings is 1. The number of rotatable bonds is 4. The van der Waals surface area contributed by atoms with E-state index in [1.165, 1.54) is 18.3 Å². The molecule has 2 fully saturated rings. The van der Waals surface area contributed by atoms with Crippen molar-refractivity contribution in [3.63, 3.8) is 0 Å². The first-order chi connectivity index (χ1) is 15.4. The van der Waals surface area contributed by atoms with Crippen molar-refractivity contribution in [3.8, 4) is 11.6 Å². The third-order valence-corrected chi connectivity index (χ3v) is 5.71. The van der Waals surface area contributed by atoms with Gasteiger partial charge in [0.05, 0.1) is 12.2 Å². The Balaban J connectivity index is 0.000000155. The summed E-state index contributed by atoms with van der Waals surface area (Å²) in [6, 6.07) is 6.22. The Kier molecular flexibility index (Phi) is 6.34. The summed E-state index contributed by atoms with van der Waals surface area (Å²) in [5.74, 6) is 0.262. The standard InChI is InChI=1S/C13H12FNO2.C10H12N2O3/c14-11-7-8(15-5-1-2-13(15)17)6-10-9(11)3-4-12(10)16;13-8-2-4-10(11-5-8)15-6-7-1-3-9(14)12-7/h6-7H,1-5H2;2,4-5,7,13H,1,3,6H2,(H,12,14)/t;7-/m.1/s1. The normalized spacial score (nSPS) is 19.5. The van der Waals surface area contributed by atoms with Crippen molar-refractivity contribution in [1.29, 1.82) is 0 Å². The van der Waals surface area contributed by atoms with Crippen molar-refractivity contribution < 1.29 is 28.6 Å². The average molecular weight is 441 g/mol. The van der Waals surface area contributed by atoms with Gasteiger partial charge in [-0.3, -0.25) is 14.4 Å². The lowest BCUT2D eigenvalue weighted by atomic mass is 10.1. The zero-order valence-electron chi connectivity index (χ0n) is 17.5. The number of amides is 2. The number of aromatic nitrogens is 1. The lowest BCUT2D eigenvalue weighted by molar-refractivity contribution is -0.119. The molecule has 2 aliphatic heterocycles. The molecular formula is C23H24FN3O5. The van der Waals surface area contributed by atoms with E-state index in [0.717, 1.165) is 12.8 Å². The second-order valence-electron chi connectivity index (χ2n) is 7.99. The number of anilines is 1. The first-order valence-electron chi connectivity index (χ1n) is 10.6. The van der Waals surface area contributed by atoms with Gasteiger partial charge in [-0.2, -0.15) is 0 Å². The van der Waals surface area contributed by atoms with Crippen LogP contribution in [0.25, 0.3) is 0 Å². The van der Waals surface area contributed by atoms with Gasteiger partial charge >= 0.3 is 0 Å². The molecular weight excluding hydrogens is 417 g/mol. The van der Waals surface area contributed by atoms with E-state index in [-0.39, 0.29) is 35.2 Å². The predicted octanol–water partition coefficient (Wildman–Crippen LogP) is 2.53. The van der Waals surface area contributed by atoms with Gasteiger partial charge in [-0.1, -0.05) is 0 Å². The Hall–Kier alpha value is -3.49. The number of pyridine rings is 1. The number of ether oxygens (including phenoxy) is 1. The van der Waals surface area contributed by atoms with Crippen molar-refractivity contribution in [1.82, 2.24) is 10.3 Å². The minimum absolute atomic E-state index is 0.00907. The van der Waals surface area contributed by atoms with Gasteiger partial charge in [0.1, 0.15) is 18.2 Å². The second kappa shape index (κ2) is 9.33. The molecule has 2 N–H and O–H groups in total. The minimum atomic E-state index is -0.358. The fourth-order valence-corrected chi connectivity index (χ4v) is 4.02. The predicted molar refractivity (Wildman–Crippen MR) is 113 cm³/mol. The summed E-state index contributed by atoms with van der Waals surface area (Å²) in [4.78, 5) is 39.5. The van der Waals surface area contributed by atoms with E-state index < -0.39 is 0 Å². The maximum absolute atomic E-state index is 13.8. The fraction of sp³-hybridized carbons (Fsp3) is 0.391. The van der Waals surface area contributed by atoms with Crippen molar-refractivity contribution in [2.45, 2.75) is 44.6 Å². The van der Waals surface area contributed by atoms with E-state index in [4.69, 9.17) is 9.84 Å². The quantitative estimate of drug-likeness (QED) is 0.755. The topological polar surface area (TPSA) is 109 Å². The largest absolute Gasteiger partial charge is 0.506 e. The summed E-state index contributed by atoms with van der Waals surface area (Å²) < 4.78 is 19.2. The summed E-state index contributed by atoms with van der Waals surface area (Å²) >= 11 is 0. The summed E-state index contributed by atoms with van der Waals surface area (Å²) in [7, 11) is 0. The zero-order chi connectivity index (χ0) is 22.7. The van der Waals surface area contributed by atoms with Crippen LogP contribution in [-0.2, 0) is 16.0 Å². The van der Waals surface area contributed by atoms with E-state index in [0.29, 0.717) is 61.5 Å². The van der Waals surface area contributed by atoms with E-state index in [2.05, 4.69) is 10.3 Å². The van der Waals surface area contributed by atoms with E-state index in [1.807, 2.05) is 0 Å². The molecule has 1 aromatic carbocycles. The molecule has 3 heterocycles. The van der Waals surface area contributed by atoms with Gasteiger partial charge in [-0.05, 0) is 43.0 Å². The number of aromatic hydroxyl groups is 1. The van der Waals surface area contributed by atoms with Crippen LogP contribution in [0.15, 0.2) is 30.5 Å². The molecule has 2 amide bonds. The monoisotopic (exact) mass is 441 g/mol. The second-order valence-corrected chi connectivity index (χ2v) is 7.99. The molecule has 2 saturated heterocycles. The van der Waals surface area contributed by atoms with E-state index in [9.17, 15) is 18.8 Å². The summed E-state index contributed by atoms with van der Waals surface area (Å²) in [6.07, 6.45) is 4.85. The number of nitrogens with one attached hydrogen (secondary N) is 1. The van der Waals surface area contributed by atoms with Gasteiger partial charge in [0.15, 0.2) is 5.78 Å². The number of carbonyl (C=O) groups excluding carboxylic acids is 3. The lowest BCUT2D eigenvalue weighted by Crippen LogP contribution is -2.30. The molecule has 0 saturated carbocycles. The van der Waals surface area contributed by atoms with Gasteiger partial charge in [-0.15, -0.1) is 0 Å². The van der Waals surface area contributed by atoms with Crippen LogP contribution in [0.2, 0.25) is 0 Å². The molecule has 0 unspecified atom stereocenters. The van der Waals surface area contributed by atoms with Gasteiger partial charge in [0, 0.05) is 43.1 Å². The Morgan fingerprint density at radius 3 is 2.66 bits per heavy atom. The molecule has 8 nitrogen and oxygen atoms in total. The Morgan fingerprint density at radius 2 is 2.00 bits per heavy atom. The molecule has 3 aliphatic rings. The van der Waals surface area contributed by atoms with Crippen molar-refractivity contribution in [3.05, 3.63) is 47.4 Å². The van der Waals surface area contributed by atoms with Crippen molar-refractivity contribution >= 4 is 23.3 Å². The van der Waals surface area contributed by atoms with Crippen LogP contribution in [0.3, 0.4) is 0 Å². The molecule has 1 aromatic heterocycles. The highest BCUT2D eigenvalue weighted by Gasteiger charge is 2.28. The molecule has 0 radical (unpaired) electrons. The van der Waals surface area contributed by atoms with Crippen LogP contribution in [0.1, 0.15) is 48.0 Å². The molecule has 2 aromatic rings. The number of nitrogens with zero attached hydrogens (tertiary/aromatic N) is 2. The number of hydrogen-bond donors (Lipinski definition) is 2. The Morgan fingerprint density at radius 1 is 1.16 bits per heavy atom. The number of ketones is 1. The molecule has 0 spiro atoms. The van der Waals surface area contributed by atoms with Crippen LogP contribution in [0.5, 0.6) is 11.6 Å². The lowest BCUT2D eigenvalue weighted by Gasteiger charge is -2.17. The van der Waals surface area contributed by atoms with Gasteiger partial charge < -0.3 is 20.1 Å². The highest BCUT2D eigenvalue weighted by Crippen LogP contribution is 2.31. The molecule has 0 bridgehead atoms. The van der Waals surface area contributed by atoms with Crippen LogP contribution in [0.4, 0.5) is 10.1 Å². The number of carbonyl (C=O) groups is 3. The molecule has 1 aliphatic carbocycles. The summed E-state index contributed by atoms with van der Waals surface area (Å²) in [6.45, 7) is 1.04. The Labute approximate surface area is 184 Å². The van der Waals surface area contributed by atoms with Crippen LogP contribution in [-0.4, -0.2) is 46.9 Å². The highest BCUT2D eigenvalue weighted by atomic mass is 19.1. The number of fused-ring (bicyclic) bond motifs is 1. The third kappa shape index (κ3) is 4.87. The van der Waals surface area contributed by atoms with E-state index >= 15 is 0 Å². The Bertz CT molecular complexity index is 1040. The maximum atomic E-state index is 13.8. The zero-order valence-corrected chi connectivity index (χ0v) is 17.5. The minimum Gasteiger partial charge on any atom is -0.506 e. The number of Topliss-reactive ketones (excluding diaryl/α,β-unsaturated/α-hetero) is 1. The number of hydrogen-bond acceptors (Lipinski definition) is 6. The van der Waals surface area contributed by atoms with E-state index in [1.54, 1.807) is 17.0 Å². The number of halogens is 1. The fourth-order valence-electron chi connectivity index (χ4n) is 4.02. The molecule has 168 valence electrons. The summed E-state index contributed by atoms with van der Waals surface area (Å²) in [5.41, 5.74) is 1.49. The van der Waals surface area contributed by atoms with Gasteiger partial charge in [-0.25, -0.2) is 9.37 Å². The van der Waals surface area contributed by atoms with Crippen LogP contribution in [0, 0.1) is 5.82 Å². The molecule has 5 rings (SSSR count). The van der Waals surface area contributed by atoms with Gasteiger partial charge in [0.25, 0.3) is 0 Å². The third-order valence-electron chi connectivity index (χ3n) is 5.71. The van der Waals surface area contributed by atoms with Crippen molar-refractivity contribution in [2.24, 2.45) is 0 Å². The van der Waals surface area contributed by atoms with Crippen LogP contribution < -0.4 is 15.0 Å². The first kappa shape index (κ1) is 21.7. The van der Waals surface area contributed by atoms with Gasteiger partial charge in [0.2, 0.25) is 17.7 Å². The molecule has 9 heteroatoms. The van der Waals surface area contributed by atoms with Crippen LogP contribution >= 0.6 is 0 Å². The average Bonchev–Trinajstić information content (AvgIpc) is 3.49. The molecule has 32 heavy (non-hydrogen) atoms. The SMILES string of the molecule is O=C1CC[C@H](COc2ccc(O)cn2)N1.O=C1CCc2c(F)cc(N3CCCC3=O)cc21. The maximum Gasteiger partial charge on any atom is 0.227 e. The molecule has 1 atom stereocenters.